The molecule has 108 valence electrons. The van der Waals surface area contributed by atoms with Crippen molar-refractivity contribution in [3.05, 3.63) is 72.1 Å². The number of nitrogen functional groups attached to an aromatic ring is 1. The molecule has 0 bridgehead atoms. The molecule has 0 saturated heterocycles. The molecule has 1 aromatic heterocycles. The van der Waals surface area contributed by atoms with Crippen molar-refractivity contribution in [1.29, 1.82) is 0 Å². The molecule has 6 nitrogen and oxygen atoms in total. The lowest BCUT2D eigenvalue weighted by atomic mass is 10.2. The van der Waals surface area contributed by atoms with Gasteiger partial charge < -0.3 is 5.11 Å². The fourth-order valence-electron chi connectivity index (χ4n) is 1.32. The fraction of sp³-hybridized carbons (Fsp3) is 0. The molecule has 2 rings (SSSR count). The zero-order valence-electron chi connectivity index (χ0n) is 11.1. The predicted octanol–water partition coefficient (Wildman–Crippen LogP) is 1.47. The zero-order chi connectivity index (χ0) is 15.5. The molecule has 0 saturated carbocycles. The number of hydrazine groups is 1. The van der Waals surface area contributed by atoms with Crippen LogP contribution in [0.5, 0.6) is 0 Å². The molecule has 0 aliphatic rings. The Morgan fingerprint density at radius 3 is 2.24 bits per heavy atom. The van der Waals surface area contributed by atoms with Crippen molar-refractivity contribution in [1.82, 2.24) is 10.4 Å². The molecule has 1 aromatic carbocycles. The Morgan fingerprint density at radius 1 is 1.10 bits per heavy atom. The molecule has 0 radical (unpaired) electrons. The molecule has 6 heteroatoms. The second-order valence-corrected chi connectivity index (χ2v) is 3.79. The highest BCUT2D eigenvalue weighted by Gasteiger charge is 1.99. The van der Waals surface area contributed by atoms with Crippen LogP contribution in [0.4, 0.5) is 0 Å². The Labute approximate surface area is 121 Å². The maximum Gasteiger partial charge on any atom is 0.328 e. The first-order valence-corrected chi connectivity index (χ1v) is 6.00. The highest BCUT2D eigenvalue weighted by molar-refractivity contribution is 5.93. The fourth-order valence-corrected chi connectivity index (χ4v) is 1.32. The summed E-state index contributed by atoms with van der Waals surface area (Å²) in [6.45, 7) is 0. The molecule has 0 aliphatic carbocycles. The summed E-state index contributed by atoms with van der Waals surface area (Å²) in [7, 11) is 0. The van der Waals surface area contributed by atoms with Crippen LogP contribution >= 0.6 is 0 Å². The van der Waals surface area contributed by atoms with Crippen LogP contribution in [-0.4, -0.2) is 22.0 Å². The second-order valence-electron chi connectivity index (χ2n) is 3.79. The summed E-state index contributed by atoms with van der Waals surface area (Å²) in [5.74, 6) is 3.66. The minimum atomic E-state index is -0.922. The smallest absolute Gasteiger partial charge is 0.328 e. The van der Waals surface area contributed by atoms with Gasteiger partial charge >= 0.3 is 5.97 Å². The molecule has 2 aromatic rings. The van der Waals surface area contributed by atoms with E-state index in [2.05, 4.69) is 4.98 Å². The number of pyridine rings is 1. The number of rotatable bonds is 3. The lowest BCUT2D eigenvalue weighted by molar-refractivity contribution is -0.131. The zero-order valence-corrected chi connectivity index (χ0v) is 11.1. The summed E-state index contributed by atoms with van der Waals surface area (Å²) in [6.07, 6.45) is 5.74. The van der Waals surface area contributed by atoms with Crippen molar-refractivity contribution in [3.63, 3.8) is 0 Å². The minimum Gasteiger partial charge on any atom is -0.478 e. The Hall–Kier alpha value is -2.99. The molecule has 1 amide bonds. The summed E-state index contributed by atoms with van der Waals surface area (Å²) in [5, 5.41) is 8.29. The van der Waals surface area contributed by atoms with Gasteiger partial charge in [-0.25, -0.2) is 10.6 Å². The standard InChI is InChI=1S/C9H8O2.C6H7N3O/c10-9(11)7-6-8-4-2-1-3-5-8;7-9-6(10)5-1-3-8-4-2-5/h1-7H,(H,10,11);1-4H,7H2,(H,9,10)/b7-6+;. The van der Waals surface area contributed by atoms with Gasteiger partial charge in [-0.05, 0) is 23.8 Å². The summed E-state index contributed by atoms with van der Waals surface area (Å²) in [5.41, 5.74) is 3.42. The molecule has 0 aliphatic heterocycles. The first kappa shape index (κ1) is 16.1. The van der Waals surface area contributed by atoms with Gasteiger partial charge in [0.25, 0.3) is 5.91 Å². The van der Waals surface area contributed by atoms with E-state index >= 15 is 0 Å². The van der Waals surface area contributed by atoms with E-state index in [0.717, 1.165) is 11.6 Å². The van der Waals surface area contributed by atoms with E-state index < -0.39 is 5.97 Å². The number of hydrogen-bond acceptors (Lipinski definition) is 4. The van der Waals surface area contributed by atoms with Crippen LogP contribution in [0.1, 0.15) is 15.9 Å². The maximum atomic E-state index is 10.7. The number of aliphatic carboxylic acids is 1. The van der Waals surface area contributed by atoms with Crippen molar-refractivity contribution in [2.45, 2.75) is 0 Å². The van der Waals surface area contributed by atoms with Gasteiger partial charge in [0.1, 0.15) is 0 Å². The summed E-state index contributed by atoms with van der Waals surface area (Å²) >= 11 is 0. The van der Waals surface area contributed by atoms with Gasteiger partial charge in [-0.15, -0.1) is 0 Å². The molecule has 1 heterocycles. The van der Waals surface area contributed by atoms with Crippen LogP contribution < -0.4 is 11.3 Å². The highest BCUT2D eigenvalue weighted by atomic mass is 16.4. The van der Waals surface area contributed by atoms with E-state index in [1.165, 1.54) is 12.4 Å². The SMILES string of the molecule is NNC(=O)c1ccncc1.O=C(O)/C=C/c1ccccc1. The lowest BCUT2D eigenvalue weighted by Crippen LogP contribution is -2.29. The van der Waals surface area contributed by atoms with Crippen molar-refractivity contribution in [2.75, 3.05) is 0 Å². The van der Waals surface area contributed by atoms with Crippen LogP contribution in [-0.2, 0) is 4.79 Å². The first-order valence-electron chi connectivity index (χ1n) is 6.00. The van der Waals surface area contributed by atoms with Crippen LogP contribution in [0, 0.1) is 0 Å². The Kier molecular flexibility index (Phi) is 6.89. The molecule has 0 atom stereocenters. The van der Waals surface area contributed by atoms with E-state index in [-0.39, 0.29) is 5.91 Å². The minimum absolute atomic E-state index is 0.303. The molecule has 0 unspecified atom stereocenters. The lowest BCUT2D eigenvalue weighted by Gasteiger charge is -1.95. The van der Waals surface area contributed by atoms with Crippen molar-refractivity contribution in [3.8, 4) is 0 Å². The molecule has 0 fully saturated rings. The van der Waals surface area contributed by atoms with E-state index in [1.807, 2.05) is 35.8 Å². The van der Waals surface area contributed by atoms with Crippen molar-refractivity contribution in [2.24, 2.45) is 5.84 Å². The van der Waals surface area contributed by atoms with Gasteiger partial charge in [-0.3, -0.25) is 15.2 Å². The van der Waals surface area contributed by atoms with Gasteiger partial charge in [0.2, 0.25) is 0 Å². The number of benzene rings is 1. The van der Waals surface area contributed by atoms with E-state index in [4.69, 9.17) is 10.9 Å². The molecule has 21 heavy (non-hydrogen) atoms. The topological polar surface area (TPSA) is 105 Å². The third kappa shape index (κ3) is 6.65. The maximum absolute atomic E-state index is 10.7. The first-order chi connectivity index (χ1) is 10.1. The Morgan fingerprint density at radius 2 is 1.71 bits per heavy atom. The number of hydrogen-bond donors (Lipinski definition) is 3. The number of nitrogens with two attached hydrogens (primary N) is 1. The van der Waals surface area contributed by atoms with Crippen LogP contribution in [0.3, 0.4) is 0 Å². The van der Waals surface area contributed by atoms with Gasteiger partial charge in [0, 0.05) is 24.0 Å². The average molecular weight is 285 g/mol. The number of carbonyl (C=O) groups is 2. The number of carboxylic acids is 1. The number of amides is 1. The molecular formula is C15H15N3O3. The van der Waals surface area contributed by atoms with Crippen LogP contribution in [0.2, 0.25) is 0 Å². The number of carboxylic acid groups (broad SMARTS) is 1. The van der Waals surface area contributed by atoms with E-state index in [9.17, 15) is 9.59 Å². The third-order valence-corrected chi connectivity index (χ3v) is 2.29. The summed E-state index contributed by atoms with van der Waals surface area (Å²) < 4.78 is 0. The highest BCUT2D eigenvalue weighted by Crippen LogP contribution is 1.99. The molecule has 0 spiro atoms. The molecular weight excluding hydrogens is 270 g/mol. The summed E-state index contributed by atoms with van der Waals surface area (Å²) in [4.78, 5) is 24.6. The number of carbonyl (C=O) groups excluding carboxylic acids is 1. The monoisotopic (exact) mass is 285 g/mol. The predicted molar refractivity (Wildman–Crippen MR) is 79.0 cm³/mol. The van der Waals surface area contributed by atoms with Crippen LogP contribution in [0.15, 0.2) is 60.9 Å². The number of aromatic nitrogens is 1. The third-order valence-electron chi connectivity index (χ3n) is 2.29. The van der Waals surface area contributed by atoms with Gasteiger partial charge in [-0.1, -0.05) is 30.3 Å². The van der Waals surface area contributed by atoms with Gasteiger partial charge in [0.15, 0.2) is 0 Å². The Balaban J connectivity index is 0.000000211. The Bertz CT molecular complexity index is 598. The molecule has 4 N–H and O–H groups in total. The van der Waals surface area contributed by atoms with Gasteiger partial charge in [0.05, 0.1) is 0 Å². The van der Waals surface area contributed by atoms with Gasteiger partial charge in [-0.2, -0.15) is 0 Å². The quantitative estimate of drug-likeness (QED) is 0.343. The average Bonchev–Trinajstić information content (AvgIpc) is 2.54. The second kappa shape index (κ2) is 9.00. The van der Waals surface area contributed by atoms with Crippen molar-refractivity contribution >= 4 is 18.0 Å². The van der Waals surface area contributed by atoms with E-state index in [0.29, 0.717) is 5.56 Å². The normalized spacial score (nSPS) is 9.57. The number of nitrogens with zero attached hydrogens (tertiary/aromatic N) is 1. The van der Waals surface area contributed by atoms with Crippen LogP contribution in [0.25, 0.3) is 6.08 Å². The number of nitrogens with one attached hydrogen (secondary N) is 1. The van der Waals surface area contributed by atoms with E-state index in [1.54, 1.807) is 18.2 Å². The largest absolute Gasteiger partial charge is 0.478 e. The summed E-state index contributed by atoms with van der Waals surface area (Å²) in [6, 6.07) is 12.5. The van der Waals surface area contributed by atoms with Crippen molar-refractivity contribution < 1.29 is 14.7 Å².